The molecule has 108 valence electrons. The lowest BCUT2D eigenvalue weighted by molar-refractivity contribution is 0.601. The fourth-order valence-electron chi connectivity index (χ4n) is 2.19. The van der Waals surface area contributed by atoms with Crippen LogP contribution in [0.1, 0.15) is 18.5 Å². The molecule has 0 bridgehead atoms. The van der Waals surface area contributed by atoms with E-state index < -0.39 is 0 Å². The lowest BCUT2D eigenvalue weighted by Crippen LogP contribution is -2.21. The molecule has 0 radical (unpaired) electrons. The second-order valence-electron chi connectivity index (χ2n) is 4.92. The summed E-state index contributed by atoms with van der Waals surface area (Å²) >= 11 is 1.79. The van der Waals surface area contributed by atoms with Gasteiger partial charge in [-0.25, -0.2) is 0 Å². The standard InChI is InChI=1S/C19H21NS/c1-3-14-21-15-13-20-16(2)17-9-11-19(12-10-17)18-7-5-4-6-8-18/h1,4-12,16,20H,13-15H2,2H3. The predicted molar refractivity (Wildman–Crippen MR) is 94.5 cm³/mol. The molecular formula is C19H21NS. The molecule has 2 heteroatoms. The Morgan fingerprint density at radius 1 is 1.05 bits per heavy atom. The zero-order chi connectivity index (χ0) is 14.9. The Hall–Kier alpha value is -1.69. The van der Waals surface area contributed by atoms with Crippen LogP contribution >= 0.6 is 11.8 Å². The molecule has 1 nitrogen and oxygen atoms in total. The van der Waals surface area contributed by atoms with E-state index in [-0.39, 0.29) is 0 Å². The highest BCUT2D eigenvalue weighted by Gasteiger charge is 2.04. The molecule has 0 fully saturated rings. The summed E-state index contributed by atoms with van der Waals surface area (Å²) in [5.74, 6) is 4.49. The van der Waals surface area contributed by atoms with Gasteiger partial charge in [-0.05, 0) is 23.6 Å². The van der Waals surface area contributed by atoms with Gasteiger partial charge in [0.25, 0.3) is 0 Å². The highest BCUT2D eigenvalue weighted by molar-refractivity contribution is 7.99. The summed E-state index contributed by atoms with van der Waals surface area (Å²) in [4.78, 5) is 0. The molecule has 2 rings (SSSR count). The van der Waals surface area contributed by atoms with Crippen LogP contribution in [-0.2, 0) is 0 Å². The van der Waals surface area contributed by atoms with Crippen LogP contribution in [0.3, 0.4) is 0 Å². The van der Waals surface area contributed by atoms with Crippen molar-refractivity contribution in [1.82, 2.24) is 5.32 Å². The van der Waals surface area contributed by atoms with Crippen LogP contribution in [-0.4, -0.2) is 18.1 Å². The van der Waals surface area contributed by atoms with Gasteiger partial charge < -0.3 is 5.32 Å². The lowest BCUT2D eigenvalue weighted by atomic mass is 10.0. The van der Waals surface area contributed by atoms with E-state index >= 15 is 0 Å². The molecule has 0 heterocycles. The molecular weight excluding hydrogens is 274 g/mol. The maximum absolute atomic E-state index is 5.23. The Morgan fingerprint density at radius 3 is 2.38 bits per heavy atom. The minimum absolute atomic E-state index is 0.362. The molecule has 0 spiro atoms. The van der Waals surface area contributed by atoms with Crippen molar-refractivity contribution in [2.75, 3.05) is 18.1 Å². The highest BCUT2D eigenvalue weighted by atomic mass is 32.2. The van der Waals surface area contributed by atoms with Crippen molar-refractivity contribution in [3.8, 4) is 23.5 Å². The Balaban J connectivity index is 1.88. The minimum Gasteiger partial charge on any atom is -0.309 e. The second kappa shape index (κ2) is 8.56. The first kappa shape index (κ1) is 15.7. The number of nitrogens with one attached hydrogen (secondary N) is 1. The molecule has 0 amide bonds. The van der Waals surface area contributed by atoms with E-state index in [2.05, 4.69) is 66.7 Å². The molecule has 0 aromatic heterocycles. The van der Waals surface area contributed by atoms with Crippen LogP contribution in [0.2, 0.25) is 0 Å². The van der Waals surface area contributed by atoms with E-state index in [1.165, 1.54) is 16.7 Å². The van der Waals surface area contributed by atoms with E-state index in [0.717, 1.165) is 18.1 Å². The second-order valence-corrected chi connectivity index (χ2v) is 6.03. The third-order valence-electron chi connectivity index (χ3n) is 3.40. The van der Waals surface area contributed by atoms with Gasteiger partial charge in [-0.3, -0.25) is 0 Å². The monoisotopic (exact) mass is 295 g/mol. The summed E-state index contributed by atoms with van der Waals surface area (Å²) in [7, 11) is 0. The van der Waals surface area contributed by atoms with Crippen LogP contribution in [0, 0.1) is 12.3 Å². The summed E-state index contributed by atoms with van der Waals surface area (Å²) in [6.45, 7) is 3.18. The van der Waals surface area contributed by atoms with E-state index in [1.807, 2.05) is 6.07 Å². The average Bonchev–Trinajstić information content (AvgIpc) is 2.55. The molecule has 2 aromatic rings. The van der Waals surface area contributed by atoms with Gasteiger partial charge in [0.1, 0.15) is 0 Å². The summed E-state index contributed by atoms with van der Waals surface area (Å²) in [5.41, 5.74) is 3.84. The fraction of sp³-hybridized carbons (Fsp3) is 0.263. The van der Waals surface area contributed by atoms with Crippen LogP contribution in [0.15, 0.2) is 54.6 Å². The van der Waals surface area contributed by atoms with Gasteiger partial charge in [0.2, 0.25) is 0 Å². The molecule has 2 aromatic carbocycles. The van der Waals surface area contributed by atoms with Crippen molar-refractivity contribution in [1.29, 1.82) is 0 Å². The Bertz CT molecular complexity index is 569. The Morgan fingerprint density at radius 2 is 1.71 bits per heavy atom. The van der Waals surface area contributed by atoms with Crippen molar-refractivity contribution in [3.05, 3.63) is 60.2 Å². The zero-order valence-electron chi connectivity index (χ0n) is 12.4. The third-order valence-corrected chi connectivity index (χ3v) is 4.26. The largest absolute Gasteiger partial charge is 0.309 e. The molecule has 0 aliphatic heterocycles. The molecule has 1 unspecified atom stereocenters. The topological polar surface area (TPSA) is 12.0 Å². The Labute approximate surface area is 132 Å². The van der Waals surface area contributed by atoms with Crippen molar-refractivity contribution in [2.45, 2.75) is 13.0 Å². The van der Waals surface area contributed by atoms with Crippen LogP contribution in [0.25, 0.3) is 11.1 Å². The van der Waals surface area contributed by atoms with Crippen LogP contribution in [0.4, 0.5) is 0 Å². The van der Waals surface area contributed by atoms with E-state index in [9.17, 15) is 0 Å². The molecule has 0 aliphatic rings. The zero-order valence-corrected chi connectivity index (χ0v) is 13.2. The van der Waals surface area contributed by atoms with Crippen molar-refractivity contribution >= 4 is 11.8 Å². The maximum atomic E-state index is 5.23. The van der Waals surface area contributed by atoms with Crippen molar-refractivity contribution < 1.29 is 0 Å². The quantitative estimate of drug-likeness (QED) is 0.601. The summed E-state index contributed by atoms with van der Waals surface area (Å²) < 4.78 is 0. The van der Waals surface area contributed by atoms with Gasteiger partial charge in [0, 0.05) is 18.3 Å². The van der Waals surface area contributed by atoms with E-state index in [4.69, 9.17) is 6.42 Å². The van der Waals surface area contributed by atoms with Gasteiger partial charge in [-0.1, -0.05) is 60.5 Å². The Kier molecular flexibility index (Phi) is 6.40. The van der Waals surface area contributed by atoms with Gasteiger partial charge in [0.05, 0.1) is 5.75 Å². The molecule has 0 saturated carbocycles. The first-order valence-corrected chi connectivity index (χ1v) is 8.36. The van der Waals surface area contributed by atoms with Crippen molar-refractivity contribution in [2.24, 2.45) is 0 Å². The normalized spacial score (nSPS) is 11.8. The fourth-order valence-corrected chi connectivity index (χ4v) is 2.72. The lowest BCUT2D eigenvalue weighted by Gasteiger charge is -2.14. The molecule has 1 N–H and O–H groups in total. The number of hydrogen-bond acceptors (Lipinski definition) is 2. The first-order valence-electron chi connectivity index (χ1n) is 7.21. The van der Waals surface area contributed by atoms with Crippen molar-refractivity contribution in [3.63, 3.8) is 0 Å². The number of hydrogen-bond donors (Lipinski definition) is 1. The number of thioether (sulfide) groups is 1. The van der Waals surface area contributed by atoms with Crippen LogP contribution < -0.4 is 5.32 Å². The maximum Gasteiger partial charge on any atom is 0.0545 e. The molecule has 21 heavy (non-hydrogen) atoms. The number of terminal acetylenes is 1. The molecule has 1 atom stereocenters. The van der Waals surface area contributed by atoms with Crippen LogP contribution in [0.5, 0.6) is 0 Å². The summed E-state index contributed by atoms with van der Waals surface area (Å²) in [6, 6.07) is 19.6. The van der Waals surface area contributed by atoms with E-state index in [0.29, 0.717) is 6.04 Å². The van der Waals surface area contributed by atoms with Gasteiger partial charge in [0.15, 0.2) is 0 Å². The van der Waals surface area contributed by atoms with E-state index in [1.54, 1.807) is 11.8 Å². The first-order chi connectivity index (χ1) is 10.3. The predicted octanol–water partition coefficient (Wildman–Crippen LogP) is 4.37. The average molecular weight is 295 g/mol. The SMILES string of the molecule is C#CCSCCNC(C)c1ccc(-c2ccccc2)cc1. The highest BCUT2D eigenvalue weighted by Crippen LogP contribution is 2.21. The minimum atomic E-state index is 0.362. The molecule has 0 aliphatic carbocycles. The van der Waals surface area contributed by atoms with Gasteiger partial charge >= 0.3 is 0 Å². The summed E-state index contributed by atoms with van der Waals surface area (Å²) in [6.07, 6.45) is 5.23. The smallest absolute Gasteiger partial charge is 0.0545 e. The van der Waals surface area contributed by atoms with Gasteiger partial charge in [-0.15, -0.1) is 18.2 Å². The number of benzene rings is 2. The third kappa shape index (κ3) is 4.97. The molecule has 0 saturated heterocycles. The van der Waals surface area contributed by atoms with Gasteiger partial charge in [-0.2, -0.15) is 0 Å². The summed E-state index contributed by atoms with van der Waals surface area (Å²) in [5, 5.41) is 3.53. The number of rotatable bonds is 7.